The zero-order chi connectivity index (χ0) is 25.2. The molecule has 3 rings (SSSR count). The Morgan fingerprint density at radius 3 is 2.14 bits per heavy atom. The molecule has 0 atom stereocenters. The number of nitrogens with zero attached hydrogens (tertiary/aromatic N) is 1. The van der Waals surface area contributed by atoms with Crippen molar-refractivity contribution in [1.82, 2.24) is 10.2 Å². The lowest BCUT2D eigenvalue weighted by Gasteiger charge is -2.29. The molecule has 1 heterocycles. The zero-order valence-corrected chi connectivity index (χ0v) is 21.1. The first-order valence-electron chi connectivity index (χ1n) is 12.0. The number of amides is 2. The molecule has 0 unspecified atom stereocenters. The van der Waals surface area contributed by atoms with Crippen LogP contribution in [0.2, 0.25) is 0 Å². The molecule has 8 heteroatoms. The molecule has 1 aliphatic rings. The van der Waals surface area contributed by atoms with E-state index in [0.717, 1.165) is 17.5 Å². The van der Waals surface area contributed by atoms with Crippen LogP contribution in [0.25, 0.3) is 0 Å². The van der Waals surface area contributed by atoms with Crippen LogP contribution in [0, 0.1) is 0 Å². The van der Waals surface area contributed by atoms with Crippen molar-refractivity contribution < 1.29 is 28.5 Å². The van der Waals surface area contributed by atoms with Gasteiger partial charge in [-0.1, -0.05) is 6.07 Å². The SMILES string of the molecule is COc1ccc(CCNC(=O)CCCCC(=O)N2CCc3cc(OC)c(OC)cc3C2)cc1OC. The number of hydrogen-bond acceptors (Lipinski definition) is 6. The van der Waals surface area contributed by atoms with Crippen LogP contribution in [0.3, 0.4) is 0 Å². The van der Waals surface area contributed by atoms with Gasteiger partial charge in [-0.25, -0.2) is 0 Å². The molecule has 0 saturated carbocycles. The van der Waals surface area contributed by atoms with Gasteiger partial charge in [-0.3, -0.25) is 9.59 Å². The highest BCUT2D eigenvalue weighted by atomic mass is 16.5. The predicted octanol–water partition coefficient (Wildman–Crippen LogP) is 3.53. The molecular formula is C27H36N2O6. The van der Waals surface area contributed by atoms with E-state index in [0.29, 0.717) is 74.7 Å². The first-order valence-corrected chi connectivity index (χ1v) is 12.0. The summed E-state index contributed by atoms with van der Waals surface area (Å²) >= 11 is 0. The van der Waals surface area contributed by atoms with E-state index in [4.69, 9.17) is 18.9 Å². The highest BCUT2D eigenvalue weighted by molar-refractivity contribution is 5.77. The fourth-order valence-corrected chi connectivity index (χ4v) is 4.29. The number of nitrogens with one attached hydrogen (secondary N) is 1. The molecule has 0 radical (unpaired) electrons. The maximum atomic E-state index is 12.7. The van der Waals surface area contributed by atoms with E-state index < -0.39 is 0 Å². The molecule has 8 nitrogen and oxygen atoms in total. The summed E-state index contributed by atoms with van der Waals surface area (Å²) in [6.45, 7) is 1.82. The lowest BCUT2D eigenvalue weighted by molar-refractivity contribution is -0.132. The number of carbonyl (C=O) groups is 2. The molecule has 2 aromatic carbocycles. The third-order valence-electron chi connectivity index (χ3n) is 6.30. The van der Waals surface area contributed by atoms with Crippen LogP contribution < -0.4 is 24.3 Å². The number of unbranched alkanes of at least 4 members (excludes halogenated alkanes) is 1. The van der Waals surface area contributed by atoms with Gasteiger partial charge in [0, 0.05) is 32.5 Å². The quantitative estimate of drug-likeness (QED) is 0.464. The molecule has 0 aromatic heterocycles. The normalized spacial score (nSPS) is 12.5. The maximum Gasteiger partial charge on any atom is 0.222 e. The van der Waals surface area contributed by atoms with E-state index in [1.807, 2.05) is 35.2 Å². The van der Waals surface area contributed by atoms with Crippen LogP contribution >= 0.6 is 0 Å². The van der Waals surface area contributed by atoms with Crippen molar-refractivity contribution in [2.24, 2.45) is 0 Å². The topological polar surface area (TPSA) is 86.3 Å². The highest BCUT2D eigenvalue weighted by Crippen LogP contribution is 2.33. The van der Waals surface area contributed by atoms with Gasteiger partial charge in [0.05, 0.1) is 28.4 Å². The van der Waals surface area contributed by atoms with Crippen LogP contribution in [0.5, 0.6) is 23.0 Å². The maximum absolute atomic E-state index is 12.7. The number of fused-ring (bicyclic) bond motifs is 1. The van der Waals surface area contributed by atoms with E-state index in [1.54, 1.807) is 28.4 Å². The van der Waals surface area contributed by atoms with Crippen molar-refractivity contribution in [2.45, 2.75) is 45.1 Å². The summed E-state index contributed by atoms with van der Waals surface area (Å²) < 4.78 is 21.3. The van der Waals surface area contributed by atoms with Gasteiger partial charge >= 0.3 is 0 Å². The van der Waals surface area contributed by atoms with Crippen molar-refractivity contribution in [3.63, 3.8) is 0 Å². The molecule has 0 bridgehead atoms. The number of methoxy groups -OCH3 is 4. The Bertz CT molecular complexity index is 1020. The van der Waals surface area contributed by atoms with Crippen LogP contribution in [-0.4, -0.2) is 58.2 Å². The van der Waals surface area contributed by atoms with Crippen molar-refractivity contribution in [3.8, 4) is 23.0 Å². The summed E-state index contributed by atoms with van der Waals surface area (Å²) in [6, 6.07) is 9.70. The van der Waals surface area contributed by atoms with Gasteiger partial charge in [-0.05, 0) is 66.6 Å². The van der Waals surface area contributed by atoms with Gasteiger partial charge in [0.1, 0.15) is 0 Å². The Kier molecular flexibility index (Phi) is 9.64. The predicted molar refractivity (Wildman–Crippen MR) is 133 cm³/mol. The second-order valence-electron chi connectivity index (χ2n) is 8.54. The van der Waals surface area contributed by atoms with Gasteiger partial charge in [-0.15, -0.1) is 0 Å². The highest BCUT2D eigenvalue weighted by Gasteiger charge is 2.22. The first kappa shape index (κ1) is 26.2. The molecule has 2 amide bonds. The van der Waals surface area contributed by atoms with Gasteiger partial charge in [-0.2, -0.15) is 0 Å². The van der Waals surface area contributed by atoms with Crippen molar-refractivity contribution in [2.75, 3.05) is 41.5 Å². The van der Waals surface area contributed by atoms with Crippen molar-refractivity contribution >= 4 is 11.8 Å². The molecule has 0 spiro atoms. The fourth-order valence-electron chi connectivity index (χ4n) is 4.29. The minimum absolute atomic E-state index is 0.00543. The minimum Gasteiger partial charge on any atom is -0.493 e. The number of benzene rings is 2. The average molecular weight is 485 g/mol. The summed E-state index contributed by atoms with van der Waals surface area (Å²) in [4.78, 5) is 26.8. The Labute approximate surface area is 207 Å². The second kappa shape index (κ2) is 12.9. The second-order valence-corrected chi connectivity index (χ2v) is 8.54. The number of rotatable bonds is 12. The van der Waals surface area contributed by atoms with Gasteiger partial charge < -0.3 is 29.2 Å². The minimum atomic E-state index is 0.00543. The Balaban J connectivity index is 1.36. The molecular weight excluding hydrogens is 448 g/mol. The lowest BCUT2D eigenvalue weighted by Crippen LogP contribution is -2.35. The van der Waals surface area contributed by atoms with E-state index in [-0.39, 0.29) is 11.8 Å². The Morgan fingerprint density at radius 2 is 1.46 bits per heavy atom. The number of carbonyl (C=O) groups excluding carboxylic acids is 2. The van der Waals surface area contributed by atoms with Gasteiger partial charge in [0.25, 0.3) is 0 Å². The van der Waals surface area contributed by atoms with Crippen LogP contribution in [0.1, 0.15) is 42.4 Å². The zero-order valence-electron chi connectivity index (χ0n) is 21.1. The molecule has 0 aliphatic carbocycles. The summed E-state index contributed by atoms with van der Waals surface area (Å²) in [5.74, 6) is 2.89. The summed E-state index contributed by atoms with van der Waals surface area (Å²) in [7, 11) is 6.45. The van der Waals surface area contributed by atoms with Crippen LogP contribution in [-0.2, 0) is 29.0 Å². The Hall–Kier alpha value is -3.42. The van der Waals surface area contributed by atoms with E-state index in [1.165, 1.54) is 5.56 Å². The molecule has 0 saturated heterocycles. The van der Waals surface area contributed by atoms with Gasteiger partial charge in [0.2, 0.25) is 11.8 Å². The molecule has 35 heavy (non-hydrogen) atoms. The lowest BCUT2D eigenvalue weighted by atomic mass is 9.98. The van der Waals surface area contributed by atoms with E-state index in [9.17, 15) is 9.59 Å². The fraction of sp³-hybridized carbons (Fsp3) is 0.481. The smallest absolute Gasteiger partial charge is 0.222 e. The first-order chi connectivity index (χ1) is 17.0. The molecule has 190 valence electrons. The molecule has 2 aromatic rings. The van der Waals surface area contributed by atoms with E-state index >= 15 is 0 Å². The summed E-state index contributed by atoms with van der Waals surface area (Å²) in [5, 5.41) is 2.95. The van der Waals surface area contributed by atoms with Gasteiger partial charge in [0.15, 0.2) is 23.0 Å². The Morgan fingerprint density at radius 1 is 0.829 bits per heavy atom. The largest absolute Gasteiger partial charge is 0.493 e. The van der Waals surface area contributed by atoms with Crippen LogP contribution in [0.15, 0.2) is 30.3 Å². The summed E-state index contributed by atoms with van der Waals surface area (Å²) in [6.07, 6.45) is 3.74. The average Bonchev–Trinajstić information content (AvgIpc) is 2.89. The third-order valence-corrected chi connectivity index (χ3v) is 6.30. The monoisotopic (exact) mass is 484 g/mol. The third kappa shape index (κ3) is 7.04. The van der Waals surface area contributed by atoms with E-state index in [2.05, 4.69) is 5.32 Å². The molecule has 1 N–H and O–H groups in total. The standard InChI is InChI=1S/C27H36N2O6/c1-32-22-10-9-19(15-23(22)33-2)11-13-28-26(30)7-5-6-8-27(31)29-14-12-20-16-24(34-3)25(35-4)17-21(20)18-29/h9-10,15-17H,5-8,11-14,18H2,1-4H3,(H,28,30). The molecule has 1 aliphatic heterocycles. The molecule has 0 fully saturated rings. The van der Waals surface area contributed by atoms with Crippen molar-refractivity contribution in [3.05, 3.63) is 47.0 Å². The number of hydrogen-bond donors (Lipinski definition) is 1. The van der Waals surface area contributed by atoms with Crippen molar-refractivity contribution in [1.29, 1.82) is 0 Å². The number of ether oxygens (including phenoxy) is 4. The van der Waals surface area contributed by atoms with Crippen LogP contribution in [0.4, 0.5) is 0 Å². The summed E-state index contributed by atoms with van der Waals surface area (Å²) in [5.41, 5.74) is 3.35.